The summed E-state index contributed by atoms with van der Waals surface area (Å²) in [6, 6.07) is 4.11. The maximum Gasteiger partial charge on any atom is 0.420 e. The minimum Gasteiger partial charge on any atom is -0.744 e. The molecule has 0 spiro atoms. The number of alkyl halides is 3. The Morgan fingerprint density at radius 1 is 1.12 bits per heavy atom. The van der Waals surface area contributed by atoms with E-state index in [0.717, 1.165) is 11.6 Å². The molecule has 0 saturated heterocycles. The normalized spacial score (nSPS) is 11.7. The van der Waals surface area contributed by atoms with E-state index in [0.29, 0.717) is 22.0 Å². The first-order valence-electron chi connectivity index (χ1n) is 7.01. The van der Waals surface area contributed by atoms with Crippen LogP contribution in [0.1, 0.15) is 22.3 Å². The molecule has 0 amide bonds. The van der Waals surface area contributed by atoms with E-state index in [4.69, 9.17) is 23.2 Å². The van der Waals surface area contributed by atoms with E-state index in [1.807, 2.05) is 6.92 Å². The van der Waals surface area contributed by atoms with Crippen molar-refractivity contribution in [3.05, 3.63) is 51.7 Å². The van der Waals surface area contributed by atoms with Crippen molar-refractivity contribution in [2.75, 3.05) is 11.6 Å². The van der Waals surface area contributed by atoms with Crippen molar-refractivity contribution in [2.45, 2.75) is 31.8 Å². The van der Waals surface area contributed by atoms with Crippen LogP contribution in [0.5, 0.6) is 0 Å². The van der Waals surface area contributed by atoms with Gasteiger partial charge < -0.3 is 4.55 Å². The zero-order valence-corrected chi connectivity index (χ0v) is 15.6. The number of rotatable bonds is 1. The number of nitrogens with two attached hydrogens (primary N) is 2. The van der Waals surface area contributed by atoms with Crippen molar-refractivity contribution in [2.24, 2.45) is 0 Å². The van der Waals surface area contributed by atoms with Gasteiger partial charge in [-0.15, -0.1) is 4.68 Å². The van der Waals surface area contributed by atoms with E-state index in [-0.39, 0.29) is 15.7 Å². The first kappa shape index (κ1) is 22.0. The molecule has 0 unspecified atom stereocenters. The quantitative estimate of drug-likeness (QED) is 0.425. The third kappa shape index (κ3) is 5.48. The van der Waals surface area contributed by atoms with E-state index in [2.05, 4.69) is 0 Å². The van der Waals surface area contributed by atoms with Gasteiger partial charge in [0.1, 0.15) is 21.3 Å². The molecular formula is C15H17ClF3N3O3S. The monoisotopic (exact) mass is 411 g/mol. The molecule has 11 heteroatoms. The lowest BCUT2D eigenvalue weighted by molar-refractivity contribution is -0.624. The highest BCUT2D eigenvalue weighted by atomic mass is 35.5. The number of pyridine rings is 1. The molecule has 0 aliphatic heterocycles. The lowest BCUT2D eigenvalue weighted by Gasteiger charge is -2.14. The predicted octanol–water partition coefficient (Wildman–Crippen LogP) is 2.46. The van der Waals surface area contributed by atoms with Crippen LogP contribution in [0.3, 0.4) is 0 Å². The van der Waals surface area contributed by atoms with Crippen LogP contribution in [0.2, 0.25) is 5.02 Å². The minimum atomic E-state index is -4.47. The molecule has 6 nitrogen and oxygen atoms in total. The van der Waals surface area contributed by atoms with Crippen molar-refractivity contribution < 1.29 is 30.8 Å². The summed E-state index contributed by atoms with van der Waals surface area (Å²) in [5.41, 5.74) is 6.30. The van der Waals surface area contributed by atoms with Crippen LogP contribution in [0.15, 0.2) is 29.3 Å². The number of aromatic nitrogens is 1. The molecule has 0 aliphatic carbocycles. The molecule has 4 N–H and O–H groups in total. The Labute approximate surface area is 153 Å². The number of hydrogen-bond acceptors (Lipinski definition) is 5. The molecule has 144 valence electrons. The Kier molecular flexibility index (Phi) is 6.50. The maximum absolute atomic E-state index is 12.1. The molecule has 2 aromatic rings. The lowest BCUT2D eigenvalue weighted by atomic mass is 10.1. The van der Waals surface area contributed by atoms with Gasteiger partial charge in [-0.1, -0.05) is 29.3 Å². The van der Waals surface area contributed by atoms with Gasteiger partial charge in [0.15, 0.2) is 0 Å². The highest BCUT2D eigenvalue weighted by Gasteiger charge is 2.33. The van der Waals surface area contributed by atoms with Crippen molar-refractivity contribution >= 4 is 27.5 Å². The summed E-state index contributed by atoms with van der Waals surface area (Å²) >= 11 is 5.40. The molecule has 2 rings (SSSR count). The molecule has 1 aromatic carbocycles. The number of nitrogen functional groups attached to an aromatic ring is 2. The Bertz CT molecular complexity index is 885. The molecule has 26 heavy (non-hydrogen) atoms. The summed E-state index contributed by atoms with van der Waals surface area (Å²) < 4.78 is 69.5. The first-order chi connectivity index (χ1) is 11.6. The highest BCUT2D eigenvalue weighted by Crippen LogP contribution is 2.30. The van der Waals surface area contributed by atoms with Crippen LogP contribution in [0, 0.1) is 20.8 Å². The first-order valence-corrected chi connectivity index (χ1v) is 8.80. The predicted molar refractivity (Wildman–Crippen MR) is 89.8 cm³/mol. The molecule has 0 aliphatic rings. The van der Waals surface area contributed by atoms with Gasteiger partial charge in [0.25, 0.3) is 0 Å². The standard InChI is InChI=1S/C9H12O3S.C6H5ClF3N3/c1-6-4-7(2)9(8(3)5-6)13(10,11)12;7-4-1-3(6(8,9)10)2-13(12)5(4)11/h4-5H,1-3H3,(H,10,11,12);1-2,11H,12H2. The smallest absolute Gasteiger partial charge is 0.420 e. The summed E-state index contributed by atoms with van der Waals surface area (Å²) in [7, 11) is -4.33. The number of halogens is 4. The zero-order valence-electron chi connectivity index (χ0n) is 14.1. The van der Waals surface area contributed by atoms with E-state index < -0.39 is 21.9 Å². The summed E-state index contributed by atoms with van der Waals surface area (Å²) in [6.45, 7) is 5.12. The number of anilines is 1. The van der Waals surface area contributed by atoms with Crippen LogP contribution in [-0.2, 0) is 16.3 Å². The number of benzene rings is 1. The van der Waals surface area contributed by atoms with Gasteiger partial charge in [-0.3, -0.25) is 11.6 Å². The second-order valence-electron chi connectivity index (χ2n) is 5.55. The number of nitrogens with zero attached hydrogens (tertiary/aromatic N) is 1. The fourth-order valence-corrected chi connectivity index (χ4v) is 3.43. The number of aryl methyl sites for hydroxylation is 3. The van der Waals surface area contributed by atoms with Crippen LogP contribution >= 0.6 is 11.6 Å². The molecule has 0 saturated carbocycles. The van der Waals surface area contributed by atoms with Gasteiger partial charge in [-0.2, -0.15) is 13.2 Å². The van der Waals surface area contributed by atoms with Crippen molar-refractivity contribution in [3.63, 3.8) is 0 Å². The average molecular weight is 412 g/mol. The van der Waals surface area contributed by atoms with E-state index in [1.165, 1.54) is 0 Å². The molecule has 1 heterocycles. The number of hydrogen-bond donors (Lipinski definition) is 2. The molecule has 0 fully saturated rings. The highest BCUT2D eigenvalue weighted by molar-refractivity contribution is 7.85. The van der Waals surface area contributed by atoms with Crippen LogP contribution in [-0.4, -0.2) is 13.0 Å². The molecule has 0 radical (unpaired) electrons. The summed E-state index contributed by atoms with van der Waals surface area (Å²) in [6.07, 6.45) is -3.81. The zero-order chi connectivity index (χ0) is 20.4. The van der Waals surface area contributed by atoms with Gasteiger partial charge in [0, 0.05) is 0 Å². The average Bonchev–Trinajstić information content (AvgIpc) is 2.41. The van der Waals surface area contributed by atoms with E-state index in [9.17, 15) is 26.1 Å². The topological polar surface area (TPSA) is 113 Å². The van der Waals surface area contributed by atoms with E-state index in [1.54, 1.807) is 26.0 Å². The van der Waals surface area contributed by atoms with Crippen LogP contribution in [0.4, 0.5) is 19.0 Å². The third-order valence-corrected chi connectivity index (χ3v) is 4.71. The van der Waals surface area contributed by atoms with Crippen LogP contribution in [0.25, 0.3) is 0 Å². The Hall–Kier alpha value is -2.04. The lowest BCUT2D eigenvalue weighted by Crippen LogP contribution is -2.47. The van der Waals surface area contributed by atoms with Gasteiger partial charge in [-0.05, 0) is 38.0 Å². The maximum atomic E-state index is 12.1. The molecule has 0 atom stereocenters. The van der Waals surface area contributed by atoms with Crippen molar-refractivity contribution in [1.82, 2.24) is 0 Å². The summed E-state index contributed by atoms with van der Waals surface area (Å²) in [5, 5.41) is -0.225. The SMILES string of the molecule is Cc1cc(C)c(S(=O)(=O)[O-])c(C)c1.Nc1c(Cl)cc(C(F)(F)F)c[n+]1N. The largest absolute Gasteiger partial charge is 0.744 e. The second-order valence-corrected chi connectivity index (χ2v) is 7.27. The van der Waals surface area contributed by atoms with Gasteiger partial charge in [-0.25, -0.2) is 8.42 Å². The Balaban J connectivity index is 0.000000260. The summed E-state index contributed by atoms with van der Waals surface area (Å²) in [5.74, 6) is 5.01. The van der Waals surface area contributed by atoms with E-state index >= 15 is 0 Å². The van der Waals surface area contributed by atoms with Crippen molar-refractivity contribution in [1.29, 1.82) is 0 Å². The molecule has 0 bridgehead atoms. The summed E-state index contributed by atoms with van der Waals surface area (Å²) in [4.78, 5) is -0.0851. The van der Waals surface area contributed by atoms with Gasteiger partial charge in [0.2, 0.25) is 0 Å². The Morgan fingerprint density at radius 2 is 1.58 bits per heavy atom. The fourth-order valence-electron chi connectivity index (χ4n) is 2.31. The van der Waals surface area contributed by atoms with Crippen LogP contribution < -0.4 is 16.3 Å². The second kappa shape index (κ2) is 7.68. The Morgan fingerprint density at radius 3 is 1.92 bits per heavy atom. The third-order valence-electron chi connectivity index (χ3n) is 3.27. The molecule has 1 aromatic heterocycles. The van der Waals surface area contributed by atoms with Gasteiger partial charge >= 0.3 is 12.0 Å². The van der Waals surface area contributed by atoms with Crippen molar-refractivity contribution in [3.8, 4) is 0 Å². The fraction of sp³-hybridized carbons (Fsp3) is 0.267. The van der Waals surface area contributed by atoms with Gasteiger partial charge in [0.05, 0.1) is 10.5 Å². The minimum absolute atomic E-state index is 0.0851. The molecular weight excluding hydrogens is 395 g/mol.